The molecule has 0 aromatic carbocycles. The van der Waals surface area contributed by atoms with E-state index < -0.39 is 0 Å². The van der Waals surface area contributed by atoms with E-state index in [9.17, 15) is 4.79 Å². The number of carbonyl (C=O) groups is 1. The van der Waals surface area contributed by atoms with Crippen molar-refractivity contribution in [1.82, 2.24) is 15.5 Å². The average molecular weight is 239 g/mol. The van der Waals surface area contributed by atoms with Crippen molar-refractivity contribution in [3.8, 4) is 0 Å². The predicted molar refractivity (Wildman–Crippen MR) is 68.9 cm³/mol. The van der Waals surface area contributed by atoms with Gasteiger partial charge in [-0.2, -0.15) is 0 Å². The van der Waals surface area contributed by atoms with Crippen LogP contribution in [0.5, 0.6) is 0 Å². The fourth-order valence-electron chi connectivity index (χ4n) is 2.89. The van der Waals surface area contributed by atoms with Crippen molar-refractivity contribution >= 4 is 5.91 Å². The third kappa shape index (κ3) is 3.96. The van der Waals surface area contributed by atoms with E-state index in [0.717, 1.165) is 38.5 Å². The van der Waals surface area contributed by atoms with Crippen LogP contribution in [-0.4, -0.2) is 50.1 Å². The van der Waals surface area contributed by atoms with Crippen molar-refractivity contribution < 1.29 is 4.79 Å². The van der Waals surface area contributed by atoms with Gasteiger partial charge in [0.25, 0.3) is 0 Å². The van der Waals surface area contributed by atoms with Gasteiger partial charge in [-0.3, -0.25) is 4.79 Å². The third-order valence-corrected chi connectivity index (χ3v) is 4.02. The normalized spacial score (nSPS) is 27.2. The second-order valence-electron chi connectivity index (χ2n) is 5.50. The molecule has 1 amide bonds. The molecule has 1 aliphatic carbocycles. The van der Waals surface area contributed by atoms with Crippen molar-refractivity contribution in [3.63, 3.8) is 0 Å². The Balaban J connectivity index is 1.62. The summed E-state index contributed by atoms with van der Waals surface area (Å²) in [6.45, 7) is 3.63. The molecule has 17 heavy (non-hydrogen) atoms. The smallest absolute Gasteiger partial charge is 0.238 e. The summed E-state index contributed by atoms with van der Waals surface area (Å²) in [6.07, 6.45) is 6.65. The third-order valence-electron chi connectivity index (χ3n) is 4.02. The maximum absolute atomic E-state index is 11.9. The predicted octanol–water partition coefficient (Wildman–Crippen LogP) is 0.586. The molecule has 1 atom stereocenters. The Morgan fingerprint density at radius 3 is 2.88 bits per heavy atom. The second-order valence-corrected chi connectivity index (χ2v) is 5.50. The number of hydrogen-bond acceptors (Lipinski definition) is 3. The molecule has 1 saturated carbocycles. The molecule has 1 saturated heterocycles. The standard InChI is InChI=1S/C13H25N3O/c1-16-9-8-14-12(10-16)13(17)15-7-6-11-4-2-3-5-11/h11-12,14H,2-10H2,1H3,(H,15,17). The lowest BCUT2D eigenvalue weighted by Crippen LogP contribution is -2.56. The molecule has 2 fully saturated rings. The van der Waals surface area contributed by atoms with E-state index in [1.807, 2.05) is 0 Å². The van der Waals surface area contributed by atoms with Gasteiger partial charge in [-0.1, -0.05) is 25.7 Å². The van der Waals surface area contributed by atoms with Crippen LogP contribution < -0.4 is 10.6 Å². The number of carbonyl (C=O) groups excluding carboxylic acids is 1. The molecule has 2 aliphatic rings. The monoisotopic (exact) mass is 239 g/mol. The van der Waals surface area contributed by atoms with Crippen LogP contribution in [-0.2, 0) is 4.79 Å². The molecule has 1 aliphatic heterocycles. The number of amides is 1. The summed E-state index contributed by atoms with van der Waals surface area (Å²) in [5.74, 6) is 1.03. The molecular formula is C13H25N3O. The minimum absolute atomic E-state index is 0.0164. The van der Waals surface area contributed by atoms with E-state index in [1.54, 1.807) is 0 Å². The minimum Gasteiger partial charge on any atom is -0.355 e. The fraction of sp³-hybridized carbons (Fsp3) is 0.923. The Morgan fingerprint density at radius 2 is 2.18 bits per heavy atom. The molecule has 4 nitrogen and oxygen atoms in total. The number of rotatable bonds is 4. The van der Waals surface area contributed by atoms with E-state index in [4.69, 9.17) is 0 Å². The Morgan fingerprint density at radius 1 is 1.41 bits per heavy atom. The maximum Gasteiger partial charge on any atom is 0.238 e. The van der Waals surface area contributed by atoms with Gasteiger partial charge in [0.15, 0.2) is 0 Å². The zero-order chi connectivity index (χ0) is 12.1. The van der Waals surface area contributed by atoms with Crippen molar-refractivity contribution in [2.24, 2.45) is 5.92 Å². The SMILES string of the molecule is CN1CCNC(C(=O)NCCC2CCCC2)C1. The molecule has 0 radical (unpaired) electrons. The van der Waals surface area contributed by atoms with Crippen molar-refractivity contribution in [2.75, 3.05) is 33.2 Å². The molecule has 0 aromatic rings. The van der Waals surface area contributed by atoms with Crippen molar-refractivity contribution in [3.05, 3.63) is 0 Å². The first kappa shape index (κ1) is 12.8. The fourth-order valence-corrected chi connectivity index (χ4v) is 2.89. The number of piperazine rings is 1. The maximum atomic E-state index is 11.9. The lowest BCUT2D eigenvalue weighted by Gasteiger charge is -2.30. The van der Waals surface area contributed by atoms with Gasteiger partial charge >= 0.3 is 0 Å². The van der Waals surface area contributed by atoms with Crippen LogP contribution in [0.3, 0.4) is 0 Å². The van der Waals surface area contributed by atoms with Crippen LogP contribution in [0.25, 0.3) is 0 Å². The zero-order valence-corrected chi connectivity index (χ0v) is 10.9. The summed E-state index contributed by atoms with van der Waals surface area (Å²) in [4.78, 5) is 14.1. The van der Waals surface area contributed by atoms with Crippen LogP contribution >= 0.6 is 0 Å². The average Bonchev–Trinajstić information content (AvgIpc) is 2.82. The van der Waals surface area contributed by atoms with Gasteiger partial charge < -0.3 is 15.5 Å². The summed E-state index contributed by atoms with van der Waals surface area (Å²) in [5, 5.41) is 6.35. The highest BCUT2D eigenvalue weighted by molar-refractivity contribution is 5.82. The van der Waals surface area contributed by atoms with E-state index in [0.29, 0.717) is 0 Å². The summed E-state index contributed by atoms with van der Waals surface area (Å²) in [5.41, 5.74) is 0. The highest BCUT2D eigenvalue weighted by atomic mass is 16.2. The summed E-state index contributed by atoms with van der Waals surface area (Å²) in [6, 6.07) is -0.0164. The molecule has 1 unspecified atom stereocenters. The first-order valence-electron chi connectivity index (χ1n) is 6.95. The van der Waals surface area contributed by atoms with Gasteiger partial charge in [-0.15, -0.1) is 0 Å². The van der Waals surface area contributed by atoms with E-state index in [2.05, 4.69) is 22.6 Å². The quantitative estimate of drug-likeness (QED) is 0.754. The molecule has 1 heterocycles. The first-order valence-corrected chi connectivity index (χ1v) is 6.95. The van der Waals surface area contributed by atoms with Crippen LogP contribution in [0, 0.1) is 5.92 Å². The number of likely N-dealkylation sites (N-methyl/N-ethyl adjacent to an activating group) is 1. The van der Waals surface area contributed by atoms with Crippen LogP contribution in [0.2, 0.25) is 0 Å². The topological polar surface area (TPSA) is 44.4 Å². The molecule has 2 N–H and O–H groups in total. The van der Waals surface area contributed by atoms with Crippen molar-refractivity contribution in [1.29, 1.82) is 0 Å². The van der Waals surface area contributed by atoms with Gasteiger partial charge in [0.1, 0.15) is 0 Å². The van der Waals surface area contributed by atoms with Gasteiger partial charge in [-0.25, -0.2) is 0 Å². The van der Waals surface area contributed by atoms with E-state index in [1.165, 1.54) is 25.7 Å². The van der Waals surface area contributed by atoms with Gasteiger partial charge in [0.05, 0.1) is 6.04 Å². The van der Waals surface area contributed by atoms with Gasteiger partial charge in [0.2, 0.25) is 5.91 Å². The number of nitrogens with one attached hydrogen (secondary N) is 2. The molecule has 2 rings (SSSR count). The lowest BCUT2D eigenvalue weighted by atomic mass is 10.0. The number of nitrogens with zero attached hydrogens (tertiary/aromatic N) is 1. The van der Waals surface area contributed by atoms with Crippen LogP contribution in [0.1, 0.15) is 32.1 Å². The molecule has 4 heteroatoms. The molecule has 0 spiro atoms. The van der Waals surface area contributed by atoms with Gasteiger partial charge in [0, 0.05) is 26.2 Å². The highest BCUT2D eigenvalue weighted by Crippen LogP contribution is 2.26. The summed E-state index contributed by atoms with van der Waals surface area (Å²) >= 11 is 0. The highest BCUT2D eigenvalue weighted by Gasteiger charge is 2.23. The Labute approximate surface area is 104 Å². The molecule has 98 valence electrons. The molecule has 0 aromatic heterocycles. The molecular weight excluding hydrogens is 214 g/mol. The van der Waals surface area contributed by atoms with E-state index >= 15 is 0 Å². The Kier molecular flexibility index (Phi) is 4.80. The second kappa shape index (κ2) is 6.36. The van der Waals surface area contributed by atoms with Gasteiger partial charge in [-0.05, 0) is 19.4 Å². The van der Waals surface area contributed by atoms with E-state index in [-0.39, 0.29) is 11.9 Å². The summed E-state index contributed by atoms with van der Waals surface area (Å²) < 4.78 is 0. The van der Waals surface area contributed by atoms with Crippen molar-refractivity contribution in [2.45, 2.75) is 38.1 Å². The van der Waals surface area contributed by atoms with Crippen LogP contribution in [0.15, 0.2) is 0 Å². The van der Waals surface area contributed by atoms with Crippen LogP contribution in [0.4, 0.5) is 0 Å². The first-order chi connectivity index (χ1) is 8.25. The lowest BCUT2D eigenvalue weighted by molar-refractivity contribution is -0.124. The number of hydrogen-bond donors (Lipinski definition) is 2. The zero-order valence-electron chi connectivity index (χ0n) is 10.9. The Hall–Kier alpha value is -0.610. The molecule has 0 bridgehead atoms. The minimum atomic E-state index is -0.0164. The summed E-state index contributed by atoms with van der Waals surface area (Å²) in [7, 11) is 2.07. The Bertz CT molecular complexity index is 251. The largest absolute Gasteiger partial charge is 0.355 e.